The van der Waals surface area contributed by atoms with Gasteiger partial charge in [-0.15, -0.1) is 0 Å². The van der Waals surface area contributed by atoms with Crippen LogP contribution in [0.25, 0.3) is 0 Å². The van der Waals surface area contributed by atoms with Gasteiger partial charge in [0.15, 0.2) is 0 Å². The molecule has 1 aromatic rings. The monoisotopic (exact) mass is 280 g/mol. The van der Waals surface area contributed by atoms with E-state index in [0.29, 0.717) is 5.56 Å². The first-order valence-corrected chi connectivity index (χ1v) is 6.21. The van der Waals surface area contributed by atoms with Gasteiger partial charge in [0.1, 0.15) is 17.6 Å². The van der Waals surface area contributed by atoms with E-state index in [-0.39, 0.29) is 25.0 Å². The van der Waals surface area contributed by atoms with Crippen LogP contribution in [0.4, 0.5) is 4.39 Å². The van der Waals surface area contributed by atoms with E-state index in [1.807, 2.05) is 0 Å². The molecule has 5 nitrogen and oxygen atoms in total. The highest BCUT2D eigenvalue weighted by Crippen LogP contribution is 2.05. The van der Waals surface area contributed by atoms with Crippen molar-refractivity contribution in [1.29, 1.82) is 0 Å². The summed E-state index contributed by atoms with van der Waals surface area (Å²) in [7, 11) is 0. The third-order valence-corrected chi connectivity index (χ3v) is 2.72. The summed E-state index contributed by atoms with van der Waals surface area (Å²) in [4.78, 5) is 33.8. The van der Waals surface area contributed by atoms with E-state index < -0.39 is 23.7 Å². The number of Topliss-reactive ketones (excluding diaryl/α,β-unsaturated/α-hetero) is 1. The van der Waals surface area contributed by atoms with Gasteiger partial charge >= 0.3 is 0 Å². The predicted molar refractivity (Wildman–Crippen MR) is 71.1 cm³/mol. The standard InChI is InChI=1S/C14H17FN2O3/c1-9(18)5-6-12(14(16)20)17-13(19)8-10-3-2-4-11(15)7-10/h2-4,7,12H,5-6,8H2,1H3,(H2,16,20)(H,17,19)/t12-/m1/s1. The van der Waals surface area contributed by atoms with Crippen LogP contribution in [0, 0.1) is 5.82 Å². The van der Waals surface area contributed by atoms with E-state index in [1.165, 1.54) is 25.1 Å². The van der Waals surface area contributed by atoms with Gasteiger partial charge in [-0.1, -0.05) is 12.1 Å². The van der Waals surface area contributed by atoms with E-state index in [0.717, 1.165) is 0 Å². The third kappa shape index (κ3) is 5.60. The van der Waals surface area contributed by atoms with Gasteiger partial charge < -0.3 is 15.8 Å². The Morgan fingerprint density at radius 1 is 1.35 bits per heavy atom. The molecule has 0 fully saturated rings. The molecule has 6 heteroatoms. The van der Waals surface area contributed by atoms with Gasteiger partial charge in [0, 0.05) is 6.42 Å². The fourth-order valence-electron chi connectivity index (χ4n) is 1.71. The summed E-state index contributed by atoms with van der Waals surface area (Å²) in [6, 6.07) is 4.74. The summed E-state index contributed by atoms with van der Waals surface area (Å²) in [6.07, 6.45) is 0.273. The summed E-state index contributed by atoms with van der Waals surface area (Å²) >= 11 is 0. The summed E-state index contributed by atoms with van der Waals surface area (Å²) in [5.41, 5.74) is 5.66. The summed E-state index contributed by atoms with van der Waals surface area (Å²) in [5.74, 6) is -1.66. The topological polar surface area (TPSA) is 89.3 Å². The average Bonchev–Trinajstić information content (AvgIpc) is 2.33. The molecule has 3 N–H and O–H groups in total. The normalized spacial score (nSPS) is 11.7. The Kier molecular flexibility index (Phi) is 5.83. The zero-order chi connectivity index (χ0) is 15.1. The average molecular weight is 280 g/mol. The van der Waals surface area contributed by atoms with Gasteiger partial charge in [0.2, 0.25) is 11.8 Å². The van der Waals surface area contributed by atoms with Crippen LogP contribution >= 0.6 is 0 Å². The molecule has 0 unspecified atom stereocenters. The Hall–Kier alpha value is -2.24. The number of halogens is 1. The second-order valence-corrected chi connectivity index (χ2v) is 4.57. The maximum absolute atomic E-state index is 13.0. The Morgan fingerprint density at radius 3 is 2.60 bits per heavy atom. The molecule has 0 bridgehead atoms. The molecule has 0 aliphatic carbocycles. The number of amides is 2. The molecule has 0 heterocycles. The molecule has 0 saturated heterocycles. The molecule has 1 aromatic carbocycles. The van der Waals surface area contributed by atoms with E-state index in [1.54, 1.807) is 6.07 Å². The molecular formula is C14H17FN2O3. The van der Waals surface area contributed by atoms with Crippen molar-refractivity contribution in [2.24, 2.45) is 5.73 Å². The highest BCUT2D eigenvalue weighted by molar-refractivity contribution is 5.88. The zero-order valence-electron chi connectivity index (χ0n) is 11.2. The number of nitrogens with one attached hydrogen (secondary N) is 1. The Labute approximate surface area is 116 Å². The van der Waals surface area contributed by atoms with Crippen LogP contribution in [-0.2, 0) is 20.8 Å². The lowest BCUT2D eigenvalue weighted by molar-refractivity contribution is -0.127. The first-order valence-electron chi connectivity index (χ1n) is 6.21. The smallest absolute Gasteiger partial charge is 0.240 e. The first-order chi connectivity index (χ1) is 9.38. The Balaban J connectivity index is 2.57. The Bertz CT molecular complexity index is 517. The molecular weight excluding hydrogens is 263 g/mol. The molecule has 0 spiro atoms. The van der Waals surface area contributed by atoms with Gasteiger partial charge in [-0.2, -0.15) is 0 Å². The lowest BCUT2D eigenvalue weighted by atomic mass is 10.1. The van der Waals surface area contributed by atoms with E-state index in [2.05, 4.69) is 5.32 Å². The van der Waals surface area contributed by atoms with Crippen molar-refractivity contribution in [2.45, 2.75) is 32.2 Å². The number of ketones is 1. The molecule has 108 valence electrons. The Morgan fingerprint density at radius 2 is 2.05 bits per heavy atom. The molecule has 0 aliphatic rings. The number of carbonyl (C=O) groups excluding carboxylic acids is 3. The maximum Gasteiger partial charge on any atom is 0.240 e. The predicted octanol–water partition coefficient (Wildman–Crippen LogP) is 0.707. The van der Waals surface area contributed by atoms with Crippen LogP contribution < -0.4 is 11.1 Å². The largest absolute Gasteiger partial charge is 0.368 e. The molecule has 0 radical (unpaired) electrons. The lowest BCUT2D eigenvalue weighted by Crippen LogP contribution is -2.45. The summed E-state index contributed by atoms with van der Waals surface area (Å²) in [6.45, 7) is 1.40. The van der Waals surface area contributed by atoms with Crippen LogP contribution in [0.2, 0.25) is 0 Å². The van der Waals surface area contributed by atoms with Crippen molar-refractivity contribution >= 4 is 17.6 Å². The van der Waals surface area contributed by atoms with Gasteiger partial charge in [0.25, 0.3) is 0 Å². The summed E-state index contributed by atoms with van der Waals surface area (Å²) < 4.78 is 13.0. The maximum atomic E-state index is 13.0. The van der Waals surface area contributed by atoms with Gasteiger partial charge in [-0.3, -0.25) is 9.59 Å². The minimum absolute atomic E-state index is 0.0540. The number of rotatable bonds is 7. The fourth-order valence-corrected chi connectivity index (χ4v) is 1.71. The van der Waals surface area contributed by atoms with Gasteiger partial charge in [0.05, 0.1) is 6.42 Å². The number of primary amides is 1. The molecule has 20 heavy (non-hydrogen) atoms. The van der Waals surface area contributed by atoms with E-state index >= 15 is 0 Å². The number of benzene rings is 1. The molecule has 2 amide bonds. The second-order valence-electron chi connectivity index (χ2n) is 4.57. The van der Waals surface area contributed by atoms with Crippen LogP contribution in [0.1, 0.15) is 25.3 Å². The second kappa shape index (κ2) is 7.37. The highest BCUT2D eigenvalue weighted by atomic mass is 19.1. The molecule has 0 aromatic heterocycles. The third-order valence-electron chi connectivity index (χ3n) is 2.72. The number of carbonyl (C=O) groups is 3. The van der Waals surface area contributed by atoms with Crippen molar-refractivity contribution in [1.82, 2.24) is 5.32 Å². The van der Waals surface area contributed by atoms with Crippen LogP contribution in [0.15, 0.2) is 24.3 Å². The van der Waals surface area contributed by atoms with Crippen molar-refractivity contribution in [2.75, 3.05) is 0 Å². The SMILES string of the molecule is CC(=O)CC[C@@H](NC(=O)Cc1cccc(F)c1)C(N)=O. The highest BCUT2D eigenvalue weighted by Gasteiger charge is 2.18. The van der Waals surface area contributed by atoms with Gasteiger partial charge in [-0.05, 0) is 31.0 Å². The van der Waals surface area contributed by atoms with Gasteiger partial charge in [-0.25, -0.2) is 4.39 Å². The minimum atomic E-state index is -0.889. The molecule has 1 rings (SSSR count). The fraction of sp³-hybridized carbons (Fsp3) is 0.357. The number of nitrogens with two attached hydrogens (primary N) is 1. The van der Waals surface area contributed by atoms with E-state index in [9.17, 15) is 18.8 Å². The van der Waals surface area contributed by atoms with Crippen molar-refractivity contribution in [3.63, 3.8) is 0 Å². The van der Waals surface area contributed by atoms with Crippen LogP contribution in [-0.4, -0.2) is 23.6 Å². The van der Waals surface area contributed by atoms with Crippen LogP contribution in [0.3, 0.4) is 0 Å². The van der Waals surface area contributed by atoms with Crippen molar-refractivity contribution in [3.05, 3.63) is 35.6 Å². The van der Waals surface area contributed by atoms with Crippen molar-refractivity contribution < 1.29 is 18.8 Å². The molecule has 0 saturated carbocycles. The minimum Gasteiger partial charge on any atom is -0.368 e. The van der Waals surface area contributed by atoms with E-state index in [4.69, 9.17) is 5.73 Å². The lowest BCUT2D eigenvalue weighted by Gasteiger charge is -2.14. The first kappa shape index (κ1) is 15.8. The number of hydrogen-bond donors (Lipinski definition) is 2. The molecule has 0 aliphatic heterocycles. The van der Waals surface area contributed by atoms with Crippen LogP contribution in [0.5, 0.6) is 0 Å². The van der Waals surface area contributed by atoms with Crippen molar-refractivity contribution in [3.8, 4) is 0 Å². The number of hydrogen-bond acceptors (Lipinski definition) is 3. The molecule has 1 atom stereocenters. The zero-order valence-corrected chi connectivity index (χ0v) is 11.2. The summed E-state index contributed by atoms with van der Waals surface area (Å²) in [5, 5.41) is 2.45. The quantitative estimate of drug-likeness (QED) is 0.770.